The SMILES string of the molecule is CCC(C)(CCCC(=O)OCCC(C)C(C)OC)OC. The summed E-state index contributed by atoms with van der Waals surface area (Å²) in [6.07, 6.45) is 4.14. The maximum absolute atomic E-state index is 11.6. The van der Waals surface area contributed by atoms with Gasteiger partial charge in [-0.05, 0) is 45.4 Å². The second-order valence-corrected chi connectivity index (χ2v) is 5.79. The lowest BCUT2D eigenvalue weighted by Gasteiger charge is -2.26. The molecule has 4 nitrogen and oxygen atoms in total. The molecule has 0 aliphatic rings. The summed E-state index contributed by atoms with van der Waals surface area (Å²) in [5.41, 5.74) is -0.122. The maximum atomic E-state index is 11.6. The van der Waals surface area contributed by atoms with Crippen LogP contribution < -0.4 is 0 Å². The van der Waals surface area contributed by atoms with Crippen LogP contribution in [0.25, 0.3) is 0 Å². The number of carbonyl (C=O) groups is 1. The predicted molar refractivity (Wildman–Crippen MR) is 80.8 cm³/mol. The fourth-order valence-corrected chi connectivity index (χ4v) is 1.93. The average molecular weight is 288 g/mol. The molecule has 0 fully saturated rings. The molecule has 0 radical (unpaired) electrons. The highest BCUT2D eigenvalue weighted by Crippen LogP contribution is 2.21. The second kappa shape index (κ2) is 10.2. The van der Waals surface area contributed by atoms with Crippen molar-refractivity contribution in [3.8, 4) is 0 Å². The fourth-order valence-electron chi connectivity index (χ4n) is 1.93. The zero-order valence-electron chi connectivity index (χ0n) is 14.0. The minimum Gasteiger partial charge on any atom is -0.466 e. The Morgan fingerprint density at radius 1 is 1.25 bits per heavy atom. The molecular formula is C16H32O4. The van der Waals surface area contributed by atoms with Gasteiger partial charge in [-0.2, -0.15) is 0 Å². The van der Waals surface area contributed by atoms with Crippen molar-refractivity contribution in [3.63, 3.8) is 0 Å². The average Bonchev–Trinajstić information content (AvgIpc) is 2.45. The fraction of sp³-hybridized carbons (Fsp3) is 0.938. The Bertz CT molecular complexity index is 261. The molecule has 20 heavy (non-hydrogen) atoms. The van der Waals surface area contributed by atoms with Crippen LogP contribution >= 0.6 is 0 Å². The lowest BCUT2D eigenvalue weighted by Crippen LogP contribution is -2.26. The van der Waals surface area contributed by atoms with Crippen LogP contribution in [-0.4, -0.2) is 38.5 Å². The van der Waals surface area contributed by atoms with Crippen LogP contribution in [0.2, 0.25) is 0 Å². The van der Waals surface area contributed by atoms with Crippen molar-refractivity contribution in [1.82, 2.24) is 0 Å². The van der Waals surface area contributed by atoms with Crippen LogP contribution in [0.3, 0.4) is 0 Å². The van der Waals surface area contributed by atoms with Gasteiger partial charge in [0, 0.05) is 20.6 Å². The summed E-state index contributed by atoms with van der Waals surface area (Å²) < 4.78 is 16.0. The third-order valence-electron chi connectivity index (χ3n) is 4.34. The van der Waals surface area contributed by atoms with E-state index in [2.05, 4.69) is 20.8 Å². The molecule has 0 amide bonds. The zero-order valence-corrected chi connectivity index (χ0v) is 14.0. The number of ether oxygens (including phenoxy) is 3. The van der Waals surface area contributed by atoms with E-state index in [-0.39, 0.29) is 17.7 Å². The highest BCUT2D eigenvalue weighted by molar-refractivity contribution is 5.69. The highest BCUT2D eigenvalue weighted by atomic mass is 16.5. The molecule has 0 spiro atoms. The molecule has 0 aromatic carbocycles. The molecule has 0 aliphatic carbocycles. The van der Waals surface area contributed by atoms with Crippen LogP contribution in [-0.2, 0) is 19.0 Å². The Kier molecular flexibility index (Phi) is 9.86. The Balaban J connectivity index is 3.75. The van der Waals surface area contributed by atoms with Crippen LogP contribution in [0, 0.1) is 5.92 Å². The Morgan fingerprint density at radius 3 is 2.40 bits per heavy atom. The number of methoxy groups -OCH3 is 2. The number of carbonyl (C=O) groups excluding carboxylic acids is 1. The first-order valence-corrected chi connectivity index (χ1v) is 7.62. The first-order chi connectivity index (χ1) is 9.38. The summed E-state index contributed by atoms with van der Waals surface area (Å²) in [6.45, 7) is 8.78. The Labute approximate surface area is 124 Å². The summed E-state index contributed by atoms with van der Waals surface area (Å²) in [5.74, 6) is 0.279. The quantitative estimate of drug-likeness (QED) is 0.545. The molecule has 120 valence electrons. The van der Waals surface area contributed by atoms with Gasteiger partial charge in [0.15, 0.2) is 0 Å². The van der Waals surface area contributed by atoms with Gasteiger partial charge >= 0.3 is 5.97 Å². The molecular weight excluding hydrogens is 256 g/mol. The molecule has 3 unspecified atom stereocenters. The lowest BCUT2D eigenvalue weighted by atomic mass is 9.96. The molecule has 0 aromatic heterocycles. The van der Waals surface area contributed by atoms with Crippen LogP contribution in [0.15, 0.2) is 0 Å². The number of rotatable bonds is 11. The van der Waals surface area contributed by atoms with Crippen molar-refractivity contribution in [1.29, 1.82) is 0 Å². The monoisotopic (exact) mass is 288 g/mol. The highest BCUT2D eigenvalue weighted by Gasteiger charge is 2.21. The molecule has 0 saturated heterocycles. The summed E-state index contributed by atoms with van der Waals surface area (Å²) in [5, 5.41) is 0. The van der Waals surface area contributed by atoms with E-state index >= 15 is 0 Å². The van der Waals surface area contributed by atoms with Gasteiger partial charge < -0.3 is 14.2 Å². The van der Waals surface area contributed by atoms with Gasteiger partial charge in [0.2, 0.25) is 0 Å². The molecule has 0 N–H and O–H groups in total. The topological polar surface area (TPSA) is 44.8 Å². The second-order valence-electron chi connectivity index (χ2n) is 5.79. The first-order valence-electron chi connectivity index (χ1n) is 7.62. The van der Waals surface area contributed by atoms with E-state index < -0.39 is 0 Å². The molecule has 0 heterocycles. The Morgan fingerprint density at radius 2 is 1.90 bits per heavy atom. The summed E-state index contributed by atoms with van der Waals surface area (Å²) in [7, 11) is 3.42. The summed E-state index contributed by atoms with van der Waals surface area (Å²) >= 11 is 0. The third kappa shape index (κ3) is 7.85. The van der Waals surface area contributed by atoms with E-state index in [9.17, 15) is 4.79 Å². The largest absolute Gasteiger partial charge is 0.466 e. The van der Waals surface area contributed by atoms with Gasteiger partial charge in [0.25, 0.3) is 0 Å². The lowest BCUT2D eigenvalue weighted by molar-refractivity contribution is -0.144. The number of hydrogen-bond acceptors (Lipinski definition) is 4. The predicted octanol–water partition coefficient (Wildman–Crippen LogP) is 3.58. The van der Waals surface area contributed by atoms with Crippen LogP contribution in [0.4, 0.5) is 0 Å². The van der Waals surface area contributed by atoms with Crippen molar-refractivity contribution < 1.29 is 19.0 Å². The molecule has 0 rings (SSSR count). The van der Waals surface area contributed by atoms with E-state index in [1.54, 1.807) is 14.2 Å². The molecule has 0 saturated carbocycles. The van der Waals surface area contributed by atoms with E-state index in [1.165, 1.54) is 0 Å². The van der Waals surface area contributed by atoms with Crippen molar-refractivity contribution >= 4 is 5.97 Å². The van der Waals surface area contributed by atoms with Crippen molar-refractivity contribution in [2.75, 3.05) is 20.8 Å². The van der Waals surface area contributed by atoms with Gasteiger partial charge in [-0.3, -0.25) is 4.79 Å². The standard InChI is InChI=1S/C16H32O4/c1-7-16(4,19-6)11-8-9-15(17)20-12-10-13(2)14(3)18-5/h13-14H,7-12H2,1-6H3. The van der Waals surface area contributed by atoms with Crippen LogP contribution in [0.1, 0.15) is 59.8 Å². The van der Waals surface area contributed by atoms with Gasteiger partial charge in [0.1, 0.15) is 0 Å². The van der Waals surface area contributed by atoms with Gasteiger partial charge in [-0.15, -0.1) is 0 Å². The van der Waals surface area contributed by atoms with E-state index in [0.717, 1.165) is 25.7 Å². The zero-order chi connectivity index (χ0) is 15.6. The molecule has 4 heteroatoms. The van der Waals surface area contributed by atoms with Crippen LogP contribution in [0.5, 0.6) is 0 Å². The molecule has 0 aliphatic heterocycles. The minimum atomic E-state index is -0.122. The summed E-state index contributed by atoms with van der Waals surface area (Å²) in [6, 6.07) is 0. The normalized spacial score (nSPS) is 17.3. The molecule has 0 aromatic rings. The van der Waals surface area contributed by atoms with E-state index in [0.29, 0.717) is 18.9 Å². The number of esters is 1. The Hall–Kier alpha value is -0.610. The summed E-state index contributed by atoms with van der Waals surface area (Å²) in [4.78, 5) is 11.6. The van der Waals surface area contributed by atoms with Gasteiger partial charge in [-0.1, -0.05) is 13.8 Å². The number of hydrogen-bond donors (Lipinski definition) is 0. The van der Waals surface area contributed by atoms with Gasteiger partial charge in [-0.25, -0.2) is 0 Å². The third-order valence-corrected chi connectivity index (χ3v) is 4.34. The maximum Gasteiger partial charge on any atom is 0.305 e. The van der Waals surface area contributed by atoms with Crippen molar-refractivity contribution in [2.24, 2.45) is 5.92 Å². The molecule has 0 bridgehead atoms. The van der Waals surface area contributed by atoms with E-state index in [1.807, 2.05) is 6.92 Å². The van der Waals surface area contributed by atoms with E-state index in [4.69, 9.17) is 14.2 Å². The smallest absolute Gasteiger partial charge is 0.305 e. The van der Waals surface area contributed by atoms with Gasteiger partial charge in [0.05, 0.1) is 18.3 Å². The van der Waals surface area contributed by atoms with Crippen molar-refractivity contribution in [3.05, 3.63) is 0 Å². The minimum absolute atomic E-state index is 0.114. The molecule has 3 atom stereocenters. The first kappa shape index (κ1) is 19.4. The van der Waals surface area contributed by atoms with Crippen molar-refractivity contribution in [2.45, 2.75) is 71.5 Å².